The van der Waals surface area contributed by atoms with Crippen molar-refractivity contribution in [1.82, 2.24) is 5.32 Å². The van der Waals surface area contributed by atoms with E-state index in [-0.39, 0.29) is 11.7 Å². The van der Waals surface area contributed by atoms with E-state index in [2.05, 4.69) is 5.32 Å². The van der Waals surface area contributed by atoms with Crippen molar-refractivity contribution in [1.29, 1.82) is 5.26 Å². The molecule has 1 aromatic rings. The maximum atomic E-state index is 13.4. The molecular weight excluding hydrogens is 319 g/mol. The van der Waals surface area contributed by atoms with Crippen LogP contribution in [0.3, 0.4) is 0 Å². The van der Waals surface area contributed by atoms with Crippen molar-refractivity contribution < 1.29 is 18.7 Å². The molecule has 0 fully saturated rings. The van der Waals surface area contributed by atoms with Crippen LogP contribution >= 0.6 is 11.8 Å². The molecule has 1 rings (SSSR count). The Morgan fingerprint density at radius 2 is 2.09 bits per heavy atom. The fraction of sp³-hybridized carbons (Fsp3) is 0.438. The van der Waals surface area contributed by atoms with Gasteiger partial charge in [-0.1, -0.05) is 26.0 Å². The molecule has 7 heteroatoms. The van der Waals surface area contributed by atoms with Gasteiger partial charge in [0.15, 0.2) is 6.61 Å². The average molecular weight is 338 g/mol. The van der Waals surface area contributed by atoms with Crippen molar-refractivity contribution in [2.45, 2.75) is 31.2 Å². The molecule has 0 spiro atoms. The fourth-order valence-electron chi connectivity index (χ4n) is 1.51. The van der Waals surface area contributed by atoms with E-state index < -0.39 is 29.8 Å². The zero-order chi connectivity index (χ0) is 17.5. The largest absolute Gasteiger partial charge is 0.455 e. The summed E-state index contributed by atoms with van der Waals surface area (Å²) in [6.45, 7) is 4.74. The summed E-state index contributed by atoms with van der Waals surface area (Å²) in [6, 6.07) is 8.11. The number of rotatable bonds is 7. The third kappa shape index (κ3) is 5.91. The van der Waals surface area contributed by atoms with Crippen LogP contribution in [-0.4, -0.2) is 29.8 Å². The van der Waals surface area contributed by atoms with Gasteiger partial charge in [-0.2, -0.15) is 5.26 Å². The van der Waals surface area contributed by atoms with E-state index >= 15 is 0 Å². The summed E-state index contributed by atoms with van der Waals surface area (Å²) in [5, 5.41) is 11.6. The van der Waals surface area contributed by atoms with Gasteiger partial charge in [0, 0.05) is 4.90 Å². The van der Waals surface area contributed by atoms with Crippen LogP contribution in [0.1, 0.15) is 20.8 Å². The van der Waals surface area contributed by atoms with Crippen molar-refractivity contribution in [3.05, 3.63) is 30.1 Å². The number of nitrogens with one attached hydrogen (secondary N) is 1. The summed E-state index contributed by atoms with van der Waals surface area (Å²) < 4.78 is 18.2. The number of hydrogen-bond donors (Lipinski definition) is 1. The number of carbonyl (C=O) groups is 2. The van der Waals surface area contributed by atoms with Crippen molar-refractivity contribution in [3.63, 3.8) is 0 Å². The van der Waals surface area contributed by atoms with Gasteiger partial charge in [0.1, 0.15) is 11.4 Å². The predicted molar refractivity (Wildman–Crippen MR) is 85.1 cm³/mol. The van der Waals surface area contributed by atoms with Crippen LogP contribution in [0.2, 0.25) is 0 Å². The summed E-state index contributed by atoms with van der Waals surface area (Å²) in [4.78, 5) is 23.7. The van der Waals surface area contributed by atoms with Crippen LogP contribution in [0.5, 0.6) is 0 Å². The van der Waals surface area contributed by atoms with E-state index in [9.17, 15) is 14.0 Å². The maximum Gasteiger partial charge on any atom is 0.316 e. The van der Waals surface area contributed by atoms with Crippen LogP contribution in [-0.2, 0) is 14.3 Å². The molecule has 0 saturated heterocycles. The Kier molecular flexibility index (Phi) is 7.04. The third-order valence-electron chi connectivity index (χ3n) is 3.33. The number of esters is 1. The lowest BCUT2D eigenvalue weighted by Crippen LogP contribution is -2.50. The van der Waals surface area contributed by atoms with Gasteiger partial charge in [-0.15, -0.1) is 11.8 Å². The molecule has 1 amide bonds. The third-order valence-corrected chi connectivity index (χ3v) is 4.35. The Balaban J connectivity index is 2.40. The highest BCUT2D eigenvalue weighted by Crippen LogP contribution is 2.21. The lowest BCUT2D eigenvalue weighted by Gasteiger charge is -2.27. The smallest absolute Gasteiger partial charge is 0.316 e. The van der Waals surface area contributed by atoms with Gasteiger partial charge in [0.25, 0.3) is 5.91 Å². The van der Waals surface area contributed by atoms with Crippen LogP contribution < -0.4 is 5.32 Å². The van der Waals surface area contributed by atoms with Gasteiger partial charge in [-0.3, -0.25) is 9.59 Å². The molecule has 1 aromatic carbocycles. The van der Waals surface area contributed by atoms with Gasteiger partial charge in [0.2, 0.25) is 0 Å². The molecule has 0 aliphatic carbocycles. The number of carbonyl (C=O) groups excluding carboxylic acids is 2. The highest BCUT2D eigenvalue weighted by Gasteiger charge is 2.30. The molecule has 0 bridgehead atoms. The fourth-order valence-corrected chi connectivity index (χ4v) is 2.25. The highest BCUT2D eigenvalue weighted by molar-refractivity contribution is 8.00. The van der Waals surface area contributed by atoms with Gasteiger partial charge >= 0.3 is 5.97 Å². The topological polar surface area (TPSA) is 79.2 Å². The summed E-state index contributed by atoms with van der Waals surface area (Å²) >= 11 is 0.996. The Labute approximate surface area is 139 Å². The Hall–Kier alpha value is -2.07. The lowest BCUT2D eigenvalue weighted by atomic mass is 9.90. The van der Waals surface area contributed by atoms with E-state index in [4.69, 9.17) is 10.00 Å². The molecule has 0 aliphatic rings. The van der Waals surface area contributed by atoms with E-state index in [1.807, 2.05) is 6.07 Å². The predicted octanol–water partition coefficient (Wildman–Crippen LogP) is 2.52. The first-order chi connectivity index (χ1) is 10.8. The first-order valence-electron chi connectivity index (χ1n) is 7.03. The average Bonchev–Trinajstić information content (AvgIpc) is 2.51. The summed E-state index contributed by atoms with van der Waals surface area (Å²) in [7, 11) is 0. The van der Waals surface area contributed by atoms with E-state index in [0.29, 0.717) is 4.90 Å². The molecule has 1 atom stereocenters. The van der Waals surface area contributed by atoms with Crippen molar-refractivity contribution in [2.75, 3.05) is 12.4 Å². The normalized spacial score (nSPS) is 13.0. The second kappa shape index (κ2) is 8.53. The second-order valence-corrected chi connectivity index (χ2v) is 6.41. The monoisotopic (exact) mass is 338 g/mol. The lowest BCUT2D eigenvalue weighted by molar-refractivity contribution is -0.146. The second-order valence-electron chi connectivity index (χ2n) is 5.40. The van der Waals surface area contributed by atoms with E-state index in [0.717, 1.165) is 11.8 Å². The number of ether oxygens (including phenoxy) is 1. The number of amides is 1. The number of halogens is 1. The Morgan fingerprint density at radius 1 is 1.43 bits per heavy atom. The number of nitrogens with zero attached hydrogens (tertiary/aromatic N) is 1. The van der Waals surface area contributed by atoms with E-state index in [1.165, 1.54) is 6.07 Å². The molecule has 0 aromatic heterocycles. The molecular formula is C16H19FN2O3S. The number of benzene rings is 1. The van der Waals surface area contributed by atoms with Gasteiger partial charge in [0.05, 0.1) is 11.8 Å². The maximum absolute atomic E-state index is 13.4. The van der Waals surface area contributed by atoms with Crippen LogP contribution in [0, 0.1) is 23.1 Å². The zero-order valence-corrected chi connectivity index (χ0v) is 14.1. The number of hydrogen-bond acceptors (Lipinski definition) is 5. The molecule has 124 valence electrons. The Bertz CT molecular complexity index is 616. The minimum atomic E-state index is -1.02. The van der Waals surface area contributed by atoms with Crippen molar-refractivity contribution in [3.8, 4) is 6.07 Å². The van der Waals surface area contributed by atoms with Gasteiger partial charge < -0.3 is 10.1 Å². The quantitative estimate of drug-likeness (QED) is 0.610. The number of thioether (sulfide) groups is 1. The molecule has 0 aliphatic heterocycles. The van der Waals surface area contributed by atoms with E-state index in [1.54, 1.807) is 39.0 Å². The highest BCUT2D eigenvalue weighted by atomic mass is 32.2. The van der Waals surface area contributed by atoms with Crippen LogP contribution in [0.4, 0.5) is 4.39 Å². The first-order valence-corrected chi connectivity index (χ1v) is 8.02. The standard InChI is InChI=1S/C16H19FN2O3S/c1-11(2)16(3,10-18)19-14(20)8-22-15(21)9-23-13-7-5-4-6-12(13)17/h4-7,11H,8-9H2,1-3H3,(H,19,20)/t16-/m1/s1. The summed E-state index contributed by atoms with van der Waals surface area (Å²) in [6.07, 6.45) is 0. The number of nitriles is 1. The molecule has 0 heterocycles. The SMILES string of the molecule is CC(C)[C@@](C)(C#N)NC(=O)COC(=O)CSc1ccccc1F. The minimum Gasteiger partial charge on any atom is -0.455 e. The zero-order valence-electron chi connectivity index (χ0n) is 13.3. The summed E-state index contributed by atoms with van der Waals surface area (Å²) in [5.41, 5.74) is -1.02. The molecule has 1 N–H and O–H groups in total. The van der Waals surface area contributed by atoms with Gasteiger partial charge in [-0.05, 0) is 25.0 Å². The Morgan fingerprint density at radius 3 is 2.65 bits per heavy atom. The van der Waals surface area contributed by atoms with Gasteiger partial charge in [-0.25, -0.2) is 4.39 Å². The minimum absolute atomic E-state index is 0.0937. The molecule has 0 saturated carbocycles. The molecule has 0 radical (unpaired) electrons. The van der Waals surface area contributed by atoms with Crippen molar-refractivity contribution >= 4 is 23.6 Å². The van der Waals surface area contributed by atoms with Crippen LogP contribution in [0.25, 0.3) is 0 Å². The molecule has 5 nitrogen and oxygen atoms in total. The molecule has 0 unspecified atom stereocenters. The molecule has 23 heavy (non-hydrogen) atoms. The van der Waals surface area contributed by atoms with Crippen molar-refractivity contribution in [2.24, 2.45) is 5.92 Å². The first kappa shape index (κ1) is 19.0. The summed E-state index contributed by atoms with van der Waals surface area (Å²) in [5.74, 6) is -1.79. The van der Waals surface area contributed by atoms with Crippen LogP contribution in [0.15, 0.2) is 29.2 Å².